The summed E-state index contributed by atoms with van der Waals surface area (Å²) in [6.45, 7) is 0. The first-order valence-corrected chi connectivity index (χ1v) is 12.1. The van der Waals surface area contributed by atoms with Crippen LogP contribution in [0.1, 0.15) is 25.7 Å². The van der Waals surface area contributed by atoms with Gasteiger partial charge in [0.05, 0.1) is 10.4 Å². The molecule has 1 aromatic heterocycles. The monoisotopic (exact) mass is 499 g/mol. The van der Waals surface area contributed by atoms with Crippen LogP contribution in [0.5, 0.6) is 5.75 Å². The van der Waals surface area contributed by atoms with Crippen LogP contribution in [-0.4, -0.2) is 31.8 Å². The summed E-state index contributed by atoms with van der Waals surface area (Å²) in [5.74, 6) is -0.473. The van der Waals surface area contributed by atoms with Crippen LogP contribution in [-0.2, 0) is 10.0 Å². The van der Waals surface area contributed by atoms with Crippen LogP contribution in [0.25, 0.3) is 10.9 Å². The van der Waals surface area contributed by atoms with Crippen LogP contribution >= 0.6 is 11.6 Å². The molecule has 11 heteroatoms. The highest BCUT2D eigenvalue weighted by Gasteiger charge is 2.31. The van der Waals surface area contributed by atoms with E-state index < -0.39 is 22.1 Å². The van der Waals surface area contributed by atoms with Crippen LogP contribution in [0.2, 0.25) is 5.02 Å². The molecule has 4 rings (SSSR count). The minimum atomic E-state index is -4.83. The number of anilines is 1. The van der Waals surface area contributed by atoms with Gasteiger partial charge in [0.1, 0.15) is 5.75 Å². The van der Waals surface area contributed by atoms with E-state index in [1.165, 1.54) is 0 Å². The van der Waals surface area contributed by atoms with Gasteiger partial charge in [0, 0.05) is 34.4 Å². The maximum atomic E-state index is 12.6. The van der Waals surface area contributed by atoms with Gasteiger partial charge < -0.3 is 10.1 Å². The minimum absolute atomic E-state index is 0.112. The van der Waals surface area contributed by atoms with Crippen LogP contribution in [0, 0.1) is 0 Å². The first-order valence-electron chi connectivity index (χ1n) is 10.3. The van der Waals surface area contributed by atoms with Crippen LogP contribution in [0.15, 0.2) is 59.6 Å². The van der Waals surface area contributed by atoms with E-state index in [1.807, 2.05) is 18.2 Å². The Morgan fingerprint density at radius 3 is 2.30 bits per heavy atom. The van der Waals surface area contributed by atoms with Gasteiger partial charge in [-0.2, -0.15) is 0 Å². The molecule has 0 saturated heterocycles. The fourth-order valence-corrected chi connectivity index (χ4v) is 5.40. The Hall–Kier alpha value is -2.56. The summed E-state index contributed by atoms with van der Waals surface area (Å²) in [4.78, 5) is 4.22. The molecule has 3 aromatic rings. The van der Waals surface area contributed by atoms with Crippen LogP contribution in [0.3, 0.4) is 0 Å². The molecular weight excluding hydrogens is 479 g/mol. The summed E-state index contributed by atoms with van der Waals surface area (Å²) in [5, 5.41) is 5.09. The molecule has 2 N–H and O–H groups in total. The third-order valence-corrected chi connectivity index (χ3v) is 7.25. The van der Waals surface area contributed by atoms with E-state index >= 15 is 0 Å². The number of pyridine rings is 1. The van der Waals surface area contributed by atoms with E-state index in [0.717, 1.165) is 53.7 Å². The summed E-state index contributed by atoms with van der Waals surface area (Å²) in [6, 6.07) is 11.5. The number of sulfonamides is 1. The van der Waals surface area contributed by atoms with E-state index in [1.54, 1.807) is 12.3 Å². The second-order valence-corrected chi connectivity index (χ2v) is 10.0. The molecule has 0 atom stereocenters. The quantitative estimate of drug-likeness (QED) is 0.469. The Morgan fingerprint density at radius 1 is 0.970 bits per heavy atom. The van der Waals surface area contributed by atoms with Crippen molar-refractivity contribution < 1.29 is 26.3 Å². The van der Waals surface area contributed by atoms with Crippen molar-refractivity contribution in [2.45, 2.75) is 49.0 Å². The lowest BCUT2D eigenvalue weighted by atomic mass is 9.91. The second kappa shape index (κ2) is 9.36. The molecule has 6 nitrogen and oxygen atoms in total. The van der Waals surface area contributed by atoms with Gasteiger partial charge in [0.15, 0.2) is 0 Å². The predicted octanol–water partition coefficient (Wildman–Crippen LogP) is 5.49. The molecule has 0 amide bonds. The van der Waals surface area contributed by atoms with E-state index in [-0.39, 0.29) is 17.0 Å². The predicted molar refractivity (Wildman–Crippen MR) is 120 cm³/mol. The average Bonchev–Trinajstić information content (AvgIpc) is 2.74. The van der Waals surface area contributed by atoms with Gasteiger partial charge in [-0.1, -0.05) is 11.6 Å². The van der Waals surface area contributed by atoms with Crippen molar-refractivity contribution in [1.29, 1.82) is 0 Å². The van der Waals surface area contributed by atoms with Gasteiger partial charge in [-0.15, -0.1) is 13.2 Å². The number of hydrogen-bond acceptors (Lipinski definition) is 5. The third kappa shape index (κ3) is 6.07. The van der Waals surface area contributed by atoms with Gasteiger partial charge in [-0.25, -0.2) is 13.1 Å². The van der Waals surface area contributed by atoms with Gasteiger partial charge in [0.25, 0.3) is 0 Å². The van der Waals surface area contributed by atoms with Gasteiger partial charge in [0.2, 0.25) is 10.0 Å². The van der Waals surface area contributed by atoms with Crippen molar-refractivity contribution in [2.75, 3.05) is 5.32 Å². The van der Waals surface area contributed by atoms with Crippen molar-refractivity contribution in [1.82, 2.24) is 9.71 Å². The van der Waals surface area contributed by atoms with Crippen molar-refractivity contribution in [2.24, 2.45) is 0 Å². The molecule has 0 radical (unpaired) electrons. The topological polar surface area (TPSA) is 80.3 Å². The number of nitrogens with zero attached hydrogens (tertiary/aromatic N) is 1. The zero-order chi connectivity index (χ0) is 23.6. The SMILES string of the molecule is O=S(=O)(NC1CCC(Nc2ccnc3cc(Cl)ccc23)CC1)c1ccc(OC(F)(F)F)cc1. The molecule has 2 aromatic carbocycles. The molecule has 0 aliphatic heterocycles. The molecule has 1 heterocycles. The number of halogens is 4. The number of nitrogens with one attached hydrogen (secondary N) is 2. The second-order valence-electron chi connectivity index (χ2n) is 7.85. The molecule has 1 aliphatic rings. The molecule has 0 bridgehead atoms. The summed E-state index contributed by atoms with van der Waals surface area (Å²) in [6.07, 6.45) is -0.360. The Bertz CT molecular complexity index is 1230. The summed E-state index contributed by atoms with van der Waals surface area (Å²) < 4.78 is 68.5. The number of benzene rings is 2. The Morgan fingerprint density at radius 2 is 1.64 bits per heavy atom. The van der Waals surface area contributed by atoms with Crippen LogP contribution in [0.4, 0.5) is 18.9 Å². The standard InChI is InChI=1S/C22H21ClF3N3O3S/c23-14-1-10-19-20(11-12-27-21(19)13-14)28-15-2-4-16(5-3-15)29-33(30,31)18-8-6-17(7-9-18)32-22(24,25)26/h1,6-13,15-16,29H,2-5H2,(H,27,28). The smallest absolute Gasteiger partial charge is 0.406 e. The number of alkyl halides is 3. The summed E-state index contributed by atoms with van der Waals surface area (Å²) in [7, 11) is -3.86. The van der Waals surface area contributed by atoms with E-state index in [2.05, 4.69) is 19.8 Å². The maximum absolute atomic E-state index is 12.6. The lowest BCUT2D eigenvalue weighted by Gasteiger charge is -2.30. The van der Waals surface area contributed by atoms with Crippen molar-refractivity contribution in [3.05, 3.63) is 59.8 Å². The molecule has 0 spiro atoms. The lowest BCUT2D eigenvalue weighted by Crippen LogP contribution is -2.40. The van der Waals surface area contributed by atoms with E-state index in [0.29, 0.717) is 17.9 Å². The van der Waals surface area contributed by atoms with E-state index in [9.17, 15) is 21.6 Å². The number of fused-ring (bicyclic) bond motifs is 1. The normalized spacial score (nSPS) is 19.4. The molecule has 1 aliphatic carbocycles. The zero-order valence-electron chi connectivity index (χ0n) is 17.3. The Labute approximate surface area is 194 Å². The summed E-state index contributed by atoms with van der Waals surface area (Å²) >= 11 is 6.04. The number of ether oxygens (including phenoxy) is 1. The molecule has 33 heavy (non-hydrogen) atoms. The largest absolute Gasteiger partial charge is 0.573 e. The zero-order valence-corrected chi connectivity index (χ0v) is 18.8. The average molecular weight is 500 g/mol. The molecule has 1 saturated carbocycles. The number of aromatic nitrogens is 1. The van der Waals surface area contributed by atoms with Crippen molar-refractivity contribution >= 4 is 38.2 Å². The minimum Gasteiger partial charge on any atom is -0.406 e. The van der Waals surface area contributed by atoms with E-state index in [4.69, 9.17) is 11.6 Å². The third-order valence-electron chi connectivity index (χ3n) is 5.48. The lowest BCUT2D eigenvalue weighted by molar-refractivity contribution is -0.274. The van der Waals surface area contributed by atoms with Gasteiger partial charge >= 0.3 is 6.36 Å². The molecule has 1 fully saturated rings. The van der Waals surface area contributed by atoms with Crippen molar-refractivity contribution in [3.63, 3.8) is 0 Å². The number of hydrogen-bond donors (Lipinski definition) is 2. The molecule has 176 valence electrons. The Kier molecular flexibility index (Phi) is 6.69. The van der Waals surface area contributed by atoms with Gasteiger partial charge in [-0.05, 0) is 74.2 Å². The highest BCUT2D eigenvalue weighted by molar-refractivity contribution is 7.89. The highest BCUT2D eigenvalue weighted by atomic mass is 35.5. The first kappa shape index (κ1) is 23.6. The van der Waals surface area contributed by atoms with Crippen molar-refractivity contribution in [3.8, 4) is 5.75 Å². The van der Waals surface area contributed by atoms with Gasteiger partial charge in [-0.3, -0.25) is 4.98 Å². The fourth-order valence-electron chi connectivity index (χ4n) is 3.93. The Balaban J connectivity index is 1.34. The maximum Gasteiger partial charge on any atom is 0.573 e. The number of rotatable bonds is 6. The molecular formula is C22H21ClF3N3O3S. The first-order chi connectivity index (χ1) is 15.6. The van der Waals surface area contributed by atoms with Crippen LogP contribution < -0.4 is 14.8 Å². The fraction of sp³-hybridized carbons (Fsp3) is 0.318. The highest BCUT2D eigenvalue weighted by Crippen LogP contribution is 2.29. The molecule has 0 unspecified atom stereocenters. The summed E-state index contributed by atoms with van der Waals surface area (Å²) in [5.41, 5.74) is 1.74.